The molecule has 0 amide bonds. The molecule has 1 fully saturated rings. The lowest BCUT2D eigenvalue weighted by atomic mass is 9.99. The fraction of sp³-hybridized carbons (Fsp3) is 0.375. The second-order valence-corrected chi connectivity index (χ2v) is 5.48. The number of benzene rings is 1. The van der Waals surface area contributed by atoms with Crippen LogP contribution in [0, 0.1) is 13.8 Å². The van der Waals surface area contributed by atoms with E-state index in [-0.39, 0.29) is 0 Å². The molecule has 1 aliphatic rings. The molecule has 3 heteroatoms. The quantitative estimate of drug-likeness (QED) is 0.707. The average Bonchev–Trinajstić information content (AvgIpc) is 3.03. The maximum absolute atomic E-state index is 5.95. The Bertz CT molecular complexity index is 705. The molecule has 0 spiro atoms. The molecule has 0 aliphatic carbocycles. The molecule has 1 N–H and O–H groups in total. The molecule has 4 rings (SSSR count). The van der Waals surface area contributed by atoms with Crippen LogP contribution in [-0.4, -0.2) is 6.54 Å². The van der Waals surface area contributed by atoms with Gasteiger partial charge in [0, 0.05) is 22.4 Å². The minimum absolute atomic E-state index is 0.383. The van der Waals surface area contributed by atoms with Gasteiger partial charge in [-0.3, -0.25) is 0 Å². The van der Waals surface area contributed by atoms with E-state index in [2.05, 4.69) is 23.5 Å². The van der Waals surface area contributed by atoms with E-state index in [1.54, 1.807) is 0 Å². The van der Waals surface area contributed by atoms with Gasteiger partial charge in [-0.25, -0.2) is 0 Å². The zero-order valence-electron chi connectivity index (χ0n) is 11.2. The molecule has 0 bridgehead atoms. The van der Waals surface area contributed by atoms with E-state index in [9.17, 15) is 0 Å². The Morgan fingerprint density at radius 2 is 1.95 bits per heavy atom. The highest BCUT2D eigenvalue weighted by Crippen LogP contribution is 2.38. The molecule has 3 nitrogen and oxygen atoms in total. The van der Waals surface area contributed by atoms with Crippen molar-refractivity contribution in [3.8, 4) is 0 Å². The van der Waals surface area contributed by atoms with Gasteiger partial charge in [-0.05, 0) is 51.4 Å². The number of furan rings is 2. The maximum atomic E-state index is 5.95. The predicted molar refractivity (Wildman–Crippen MR) is 75.4 cm³/mol. The molecule has 3 aromatic rings. The molecule has 2 aromatic heterocycles. The highest BCUT2D eigenvalue weighted by molar-refractivity contribution is 5.98. The third kappa shape index (κ3) is 1.61. The van der Waals surface area contributed by atoms with E-state index in [0.717, 1.165) is 41.0 Å². The number of nitrogens with one attached hydrogen (secondary N) is 1. The van der Waals surface area contributed by atoms with E-state index in [0.29, 0.717) is 6.04 Å². The van der Waals surface area contributed by atoms with Gasteiger partial charge in [0.1, 0.15) is 22.7 Å². The van der Waals surface area contributed by atoms with Crippen molar-refractivity contribution in [3.63, 3.8) is 0 Å². The molecule has 19 heavy (non-hydrogen) atoms. The fourth-order valence-electron chi connectivity index (χ4n) is 3.24. The van der Waals surface area contributed by atoms with Crippen LogP contribution >= 0.6 is 0 Å². The number of hydrogen-bond donors (Lipinski definition) is 1. The molecule has 1 aliphatic heterocycles. The molecular weight excluding hydrogens is 238 g/mol. The fourth-order valence-corrected chi connectivity index (χ4v) is 3.24. The second kappa shape index (κ2) is 3.87. The molecule has 98 valence electrons. The monoisotopic (exact) mass is 255 g/mol. The van der Waals surface area contributed by atoms with Crippen molar-refractivity contribution in [2.45, 2.75) is 32.7 Å². The lowest BCUT2D eigenvalue weighted by Crippen LogP contribution is -2.13. The summed E-state index contributed by atoms with van der Waals surface area (Å²) in [5, 5.41) is 5.91. The summed E-state index contributed by atoms with van der Waals surface area (Å²) < 4.78 is 11.8. The first-order valence-electron chi connectivity index (χ1n) is 6.89. The first kappa shape index (κ1) is 11.1. The Morgan fingerprint density at radius 1 is 1.11 bits per heavy atom. The zero-order chi connectivity index (χ0) is 13.0. The lowest BCUT2D eigenvalue weighted by Gasteiger charge is -2.12. The van der Waals surface area contributed by atoms with Gasteiger partial charge in [0.15, 0.2) is 0 Å². The lowest BCUT2D eigenvalue weighted by molar-refractivity contribution is 0.561. The largest absolute Gasteiger partial charge is 0.461 e. The van der Waals surface area contributed by atoms with Crippen LogP contribution in [0.5, 0.6) is 0 Å². The van der Waals surface area contributed by atoms with Crippen LogP contribution in [0.2, 0.25) is 0 Å². The van der Waals surface area contributed by atoms with Gasteiger partial charge >= 0.3 is 0 Å². The van der Waals surface area contributed by atoms with E-state index in [4.69, 9.17) is 8.83 Å². The Balaban J connectivity index is 2.11. The smallest absolute Gasteiger partial charge is 0.139 e. The Hall–Kier alpha value is -1.74. The predicted octanol–water partition coefficient (Wildman–Crippen LogP) is 4.22. The van der Waals surface area contributed by atoms with Crippen molar-refractivity contribution in [2.75, 3.05) is 6.54 Å². The molecule has 1 unspecified atom stereocenters. The SMILES string of the molecule is Cc1cc2c(C3CCCN3)c3oc(C)cc3cc2o1. The van der Waals surface area contributed by atoms with Gasteiger partial charge in [-0.1, -0.05) is 0 Å². The van der Waals surface area contributed by atoms with Crippen LogP contribution < -0.4 is 5.32 Å². The summed E-state index contributed by atoms with van der Waals surface area (Å²) in [6, 6.07) is 6.69. The summed E-state index contributed by atoms with van der Waals surface area (Å²) in [6.45, 7) is 5.08. The molecule has 3 heterocycles. The van der Waals surface area contributed by atoms with Gasteiger partial charge in [0.2, 0.25) is 0 Å². The van der Waals surface area contributed by atoms with E-state index in [1.165, 1.54) is 17.4 Å². The number of fused-ring (bicyclic) bond motifs is 2. The van der Waals surface area contributed by atoms with Gasteiger partial charge in [-0.2, -0.15) is 0 Å². The molecule has 0 radical (unpaired) electrons. The molecule has 0 saturated carbocycles. The van der Waals surface area contributed by atoms with Crippen LogP contribution in [0.15, 0.2) is 27.0 Å². The first-order valence-corrected chi connectivity index (χ1v) is 6.89. The minimum Gasteiger partial charge on any atom is -0.461 e. The van der Waals surface area contributed by atoms with Crippen LogP contribution in [-0.2, 0) is 0 Å². The van der Waals surface area contributed by atoms with E-state index < -0.39 is 0 Å². The summed E-state index contributed by atoms with van der Waals surface area (Å²) in [7, 11) is 0. The van der Waals surface area contributed by atoms with Gasteiger partial charge in [-0.15, -0.1) is 0 Å². The third-order valence-corrected chi connectivity index (χ3v) is 4.00. The standard InChI is InChI=1S/C16H17NO2/c1-9-6-11-8-14-12(7-10(2)18-14)15(16(11)19-9)13-4-3-5-17-13/h6-8,13,17H,3-5H2,1-2H3. The number of hydrogen-bond acceptors (Lipinski definition) is 3. The average molecular weight is 255 g/mol. The van der Waals surface area contributed by atoms with Crippen molar-refractivity contribution >= 4 is 21.9 Å². The van der Waals surface area contributed by atoms with Crippen LogP contribution in [0.1, 0.15) is 36.0 Å². The third-order valence-electron chi connectivity index (χ3n) is 4.00. The van der Waals surface area contributed by atoms with E-state index >= 15 is 0 Å². The molecule has 1 atom stereocenters. The van der Waals surface area contributed by atoms with Gasteiger partial charge in [0.25, 0.3) is 0 Å². The van der Waals surface area contributed by atoms with Crippen molar-refractivity contribution in [1.29, 1.82) is 0 Å². The summed E-state index contributed by atoms with van der Waals surface area (Å²) in [4.78, 5) is 0. The van der Waals surface area contributed by atoms with Crippen LogP contribution in [0.3, 0.4) is 0 Å². The molecule has 1 saturated heterocycles. The maximum Gasteiger partial charge on any atom is 0.139 e. The van der Waals surface area contributed by atoms with Crippen molar-refractivity contribution in [2.24, 2.45) is 0 Å². The van der Waals surface area contributed by atoms with Crippen LogP contribution in [0.4, 0.5) is 0 Å². The van der Waals surface area contributed by atoms with Crippen molar-refractivity contribution in [1.82, 2.24) is 5.32 Å². The Labute approximate surface area is 111 Å². The Morgan fingerprint density at radius 3 is 2.74 bits per heavy atom. The highest BCUT2D eigenvalue weighted by atomic mass is 16.3. The Kier molecular flexibility index (Phi) is 2.27. The van der Waals surface area contributed by atoms with Gasteiger partial charge in [0.05, 0.1) is 0 Å². The summed E-state index contributed by atoms with van der Waals surface area (Å²) in [6.07, 6.45) is 2.39. The number of aryl methyl sites for hydroxylation is 2. The van der Waals surface area contributed by atoms with Gasteiger partial charge < -0.3 is 14.2 Å². The molecular formula is C16H17NO2. The highest BCUT2D eigenvalue weighted by Gasteiger charge is 2.24. The summed E-state index contributed by atoms with van der Waals surface area (Å²) in [5.41, 5.74) is 3.26. The van der Waals surface area contributed by atoms with Crippen molar-refractivity contribution in [3.05, 3.63) is 35.3 Å². The first-order chi connectivity index (χ1) is 9.22. The van der Waals surface area contributed by atoms with E-state index in [1.807, 2.05) is 13.8 Å². The normalized spacial score (nSPS) is 19.8. The number of rotatable bonds is 1. The minimum atomic E-state index is 0.383. The van der Waals surface area contributed by atoms with Crippen LogP contribution in [0.25, 0.3) is 21.9 Å². The molecule has 1 aromatic carbocycles. The zero-order valence-corrected chi connectivity index (χ0v) is 11.2. The summed E-state index contributed by atoms with van der Waals surface area (Å²) in [5.74, 6) is 1.91. The second-order valence-electron chi connectivity index (χ2n) is 5.48. The van der Waals surface area contributed by atoms with Crippen molar-refractivity contribution < 1.29 is 8.83 Å². The summed E-state index contributed by atoms with van der Waals surface area (Å²) >= 11 is 0. The topological polar surface area (TPSA) is 38.3 Å².